The van der Waals surface area contributed by atoms with Crippen LogP contribution in [0.25, 0.3) is 22.4 Å². The minimum Gasteiger partial charge on any atom is -0.481 e. The highest BCUT2D eigenvalue weighted by atomic mass is 19.1. The van der Waals surface area contributed by atoms with Crippen LogP contribution in [0.1, 0.15) is 31.2 Å². The standard InChI is InChI=1S/C21H22FN3O3/c1-13-11-14(21-24-17-12-15(22)8-10-18(17)25(21)2)7-9-16(13)23-19(26)5-3-4-6-20(27)28/h7-12H,3-6H2,1-2H3,(H,23,26)(H,27,28). The molecule has 1 heterocycles. The molecule has 6 nitrogen and oxygen atoms in total. The van der Waals surface area contributed by atoms with Crippen LogP contribution in [0, 0.1) is 12.7 Å². The molecule has 0 atom stereocenters. The average molecular weight is 383 g/mol. The molecule has 2 aromatic carbocycles. The Hall–Kier alpha value is -3.22. The van der Waals surface area contributed by atoms with Gasteiger partial charge in [0.15, 0.2) is 0 Å². The van der Waals surface area contributed by atoms with E-state index in [2.05, 4.69) is 10.3 Å². The van der Waals surface area contributed by atoms with Crippen molar-refractivity contribution in [3.8, 4) is 11.4 Å². The number of rotatable bonds is 7. The molecule has 28 heavy (non-hydrogen) atoms. The number of anilines is 1. The fourth-order valence-electron chi connectivity index (χ4n) is 3.15. The van der Waals surface area contributed by atoms with Gasteiger partial charge in [0.25, 0.3) is 0 Å². The van der Waals surface area contributed by atoms with E-state index in [9.17, 15) is 14.0 Å². The van der Waals surface area contributed by atoms with Gasteiger partial charge in [0.1, 0.15) is 11.6 Å². The molecule has 0 saturated heterocycles. The molecule has 0 aliphatic rings. The summed E-state index contributed by atoms with van der Waals surface area (Å²) in [7, 11) is 1.88. The van der Waals surface area contributed by atoms with E-state index in [1.807, 2.05) is 36.7 Å². The Bertz CT molecular complexity index is 1040. The van der Waals surface area contributed by atoms with Crippen LogP contribution in [0.3, 0.4) is 0 Å². The highest BCUT2D eigenvalue weighted by Gasteiger charge is 2.12. The first-order valence-corrected chi connectivity index (χ1v) is 9.10. The summed E-state index contributed by atoms with van der Waals surface area (Å²) >= 11 is 0. The van der Waals surface area contributed by atoms with Crippen molar-refractivity contribution in [2.75, 3.05) is 5.32 Å². The zero-order valence-corrected chi connectivity index (χ0v) is 15.8. The summed E-state index contributed by atoms with van der Waals surface area (Å²) in [5.41, 5.74) is 3.89. The van der Waals surface area contributed by atoms with Gasteiger partial charge in [-0.2, -0.15) is 0 Å². The molecule has 1 aromatic heterocycles. The third-order valence-electron chi connectivity index (χ3n) is 4.65. The number of imidazole rings is 1. The van der Waals surface area contributed by atoms with Crippen molar-refractivity contribution in [3.05, 3.63) is 47.8 Å². The van der Waals surface area contributed by atoms with Crippen molar-refractivity contribution in [1.82, 2.24) is 9.55 Å². The lowest BCUT2D eigenvalue weighted by Gasteiger charge is -2.10. The molecule has 0 saturated carbocycles. The molecule has 0 radical (unpaired) electrons. The van der Waals surface area contributed by atoms with Crippen LogP contribution in [0.15, 0.2) is 36.4 Å². The molecule has 3 aromatic rings. The van der Waals surface area contributed by atoms with E-state index in [-0.39, 0.29) is 24.6 Å². The number of carbonyl (C=O) groups excluding carboxylic acids is 1. The number of carboxylic acids is 1. The van der Waals surface area contributed by atoms with Crippen LogP contribution in [-0.2, 0) is 16.6 Å². The minimum absolute atomic E-state index is 0.0723. The van der Waals surface area contributed by atoms with Gasteiger partial charge >= 0.3 is 5.97 Å². The Morgan fingerprint density at radius 3 is 2.61 bits per heavy atom. The van der Waals surface area contributed by atoms with Crippen LogP contribution in [0.2, 0.25) is 0 Å². The topological polar surface area (TPSA) is 84.2 Å². The number of hydrogen-bond donors (Lipinski definition) is 2. The monoisotopic (exact) mass is 383 g/mol. The molecule has 2 N–H and O–H groups in total. The van der Waals surface area contributed by atoms with Crippen molar-refractivity contribution < 1.29 is 19.1 Å². The largest absolute Gasteiger partial charge is 0.481 e. The normalized spacial score (nSPS) is 11.0. The van der Waals surface area contributed by atoms with E-state index >= 15 is 0 Å². The third kappa shape index (κ3) is 4.36. The van der Waals surface area contributed by atoms with Crippen molar-refractivity contribution in [3.63, 3.8) is 0 Å². The molecular formula is C21H22FN3O3. The average Bonchev–Trinajstić information content (AvgIpc) is 2.96. The molecule has 0 unspecified atom stereocenters. The maximum absolute atomic E-state index is 13.5. The number of carbonyl (C=O) groups is 2. The maximum Gasteiger partial charge on any atom is 0.303 e. The lowest BCUT2D eigenvalue weighted by atomic mass is 10.1. The van der Waals surface area contributed by atoms with E-state index in [4.69, 9.17) is 5.11 Å². The second-order valence-corrected chi connectivity index (χ2v) is 6.81. The lowest BCUT2D eigenvalue weighted by Crippen LogP contribution is -2.12. The van der Waals surface area contributed by atoms with Gasteiger partial charge in [-0.3, -0.25) is 9.59 Å². The first-order valence-electron chi connectivity index (χ1n) is 9.10. The minimum atomic E-state index is -0.850. The van der Waals surface area contributed by atoms with Crippen LogP contribution in [0.4, 0.5) is 10.1 Å². The van der Waals surface area contributed by atoms with E-state index < -0.39 is 5.97 Å². The summed E-state index contributed by atoms with van der Waals surface area (Å²) in [5.74, 6) is -0.596. The van der Waals surface area contributed by atoms with Crippen LogP contribution in [0.5, 0.6) is 0 Å². The van der Waals surface area contributed by atoms with Crippen molar-refractivity contribution >= 4 is 28.6 Å². The number of hydrogen-bond acceptors (Lipinski definition) is 3. The third-order valence-corrected chi connectivity index (χ3v) is 4.65. The first-order chi connectivity index (χ1) is 13.3. The number of carboxylic acid groups (broad SMARTS) is 1. The zero-order chi connectivity index (χ0) is 20.3. The molecule has 146 valence electrons. The summed E-state index contributed by atoms with van der Waals surface area (Å²) < 4.78 is 15.4. The maximum atomic E-state index is 13.5. The summed E-state index contributed by atoms with van der Waals surface area (Å²) in [6, 6.07) is 10.1. The number of aromatic nitrogens is 2. The van der Waals surface area contributed by atoms with Crippen molar-refractivity contribution in [1.29, 1.82) is 0 Å². The molecule has 1 amide bonds. The van der Waals surface area contributed by atoms with E-state index in [1.54, 1.807) is 6.07 Å². The Labute approximate surface area is 162 Å². The predicted octanol–water partition coefficient (Wildman–Crippen LogP) is 4.27. The molecule has 0 bridgehead atoms. The summed E-state index contributed by atoms with van der Waals surface area (Å²) in [6.45, 7) is 1.89. The van der Waals surface area contributed by atoms with E-state index in [0.717, 1.165) is 22.5 Å². The van der Waals surface area contributed by atoms with Gasteiger partial charge < -0.3 is 15.0 Å². The molecule has 0 fully saturated rings. The quantitative estimate of drug-likeness (QED) is 0.597. The van der Waals surface area contributed by atoms with E-state index in [0.29, 0.717) is 24.0 Å². The van der Waals surface area contributed by atoms with Gasteiger partial charge in [0.2, 0.25) is 5.91 Å². The van der Waals surface area contributed by atoms with Crippen LogP contribution in [-0.4, -0.2) is 26.5 Å². The van der Waals surface area contributed by atoms with Gasteiger partial charge in [-0.15, -0.1) is 0 Å². The number of nitrogens with zero attached hydrogens (tertiary/aromatic N) is 2. The fourth-order valence-corrected chi connectivity index (χ4v) is 3.15. The van der Waals surface area contributed by atoms with Crippen LogP contribution >= 0.6 is 0 Å². The highest BCUT2D eigenvalue weighted by Crippen LogP contribution is 2.27. The number of benzene rings is 2. The van der Waals surface area contributed by atoms with Gasteiger partial charge in [0.05, 0.1) is 11.0 Å². The smallest absolute Gasteiger partial charge is 0.303 e. The molecule has 7 heteroatoms. The fraction of sp³-hybridized carbons (Fsp3) is 0.286. The van der Waals surface area contributed by atoms with Crippen LogP contribution < -0.4 is 5.32 Å². The summed E-state index contributed by atoms with van der Waals surface area (Å²) in [6.07, 6.45) is 1.37. The molecule has 0 aliphatic carbocycles. The number of aliphatic carboxylic acids is 1. The molecule has 3 rings (SSSR count). The Morgan fingerprint density at radius 2 is 1.89 bits per heavy atom. The van der Waals surface area contributed by atoms with Crippen molar-refractivity contribution in [2.45, 2.75) is 32.6 Å². The van der Waals surface area contributed by atoms with Gasteiger partial charge in [-0.1, -0.05) is 0 Å². The second-order valence-electron chi connectivity index (χ2n) is 6.81. The molecule has 0 spiro atoms. The Morgan fingerprint density at radius 1 is 1.14 bits per heavy atom. The number of amides is 1. The lowest BCUT2D eigenvalue weighted by molar-refractivity contribution is -0.137. The highest BCUT2D eigenvalue weighted by molar-refractivity contribution is 5.92. The van der Waals surface area contributed by atoms with E-state index in [1.165, 1.54) is 12.1 Å². The number of nitrogens with one attached hydrogen (secondary N) is 1. The number of aryl methyl sites for hydroxylation is 2. The van der Waals surface area contributed by atoms with Gasteiger partial charge in [0, 0.05) is 37.2 Å². The summed E-state index contributed by atoms with van der Waals surface area (Å²) in [5, 5.41) is 11.5. The SMILES string of the molecule is Cc1cc(-c2nc3cc(F)ccc3n2C)ccc1NC(=O)CCCCC(=O)O. The second kappa shape index (κ2) is 8.21. The predicted molar refractivity (Wildman–Crippen MR) is 106 cm³/mol. The zero-order valence-electron chi connectivity index (χ0n) is 15.8. The number of halogens is 1. The van der Waals surface area contributed by atoms with Crippen molar-refractivity contribution in [2.24, 2.45) is 7.05 Å². The molecule has 0 aliphatic heterocycles. The Kier molecular flexibility index (Phi) is 5.73. The van der Waals surface area contributed by atoms with Gasteiger partial charge in [-0.25, -0.2) is 9.37 Å². The number of unbranched alkanes of at least 4 members (excludes halogenated alkanes) is 1. The van der Waals surface area contributed by atoms with Gasteiger partial charge in [-0.05, 0) is 55.7 Å². The number of fused-ring (bicyclic) bond motifs is 1. The molecular weight excluding hydrogens is 361 g/mol. The summed E-state index contributed by atoms with van der Waals surface area (Å²) in [4.78, 5) is 27.1. The first kappa shape index (κ1) is 19.5. The Balaban J connectivity index is 1.73.